The Bertz CT molecular complexity index is 169. The minimum absolute atomic E-state index is 0.284. The van der Waals surface area contributed by atoms with Crippen LogP contribution in [0.4, 0.5) is 0 Å². The second-order valence-electron chi connectivity index (χ2n) is 1.27. The van der Waals surface area contributed by atoms with Gasteiger partial charge in [0.05, 0.1) is 0 Å². The molecule has 0 saturated heterocycles. The van der Waals surface area contributed by atoms with Crippen LogP contribution < -0.4 is 0 Å². The highest BCUT2D eigenvalue weighted by molar-refractivity contribution is 14.1. The zero-order valence-electron chi connectivity index (χ0n) is 3.93. The number of ether oxygens (including phenoxy) is 1. The summed E-state index contributed by atoms with van der Waals surface area (Å²) in [6.07, 6.45) is 3.03. The average molecular weight is 222 g/mol. The summed E-state index contributed by atoms with van der Waals surface area (Å²) in [6, 6.07) is 0. The molecule has 0 N–H and O–H groups in total. The SMILES string of the molecule is O=C1C=C/C(=C/I)O1. The molecule has 1 rings (SSSR count). The molecule has 0 bridgehead atoms. The van der Waals surface area contributed by atoms with Crippen molar-refractivity contribution < 1.29 is 9.53 Å². The Kier molecular flexibility index (Phi) is 1.67. The molecule has 0 saturated carbocycles. The molecule has 0 amide bonds. The monoisotopic (exact) mass is 222 g/mol. The first kappa shape index (κ1) is 5.81. The Hall–Kier alpha value is -0.320. The fraction of sp³-hybridized carbons (Fsp3) is 0. The van der Waals surface area contributed by atoms with Crippen LogP contribution in [0.5, 0.6) is 0 Å². The van der Waals surface area contributed by atoms with Crippen LogP contribution in [0.1, 0.15) is 0 Å². The predicted molar refractivity (Wildman–Crippen MR) is 37.3 cm³/mol. The molecule has 0 aromatic heterocycles. The highest BCUT2D eigenvalue weighted by Crippen LogP contribution is 2.10. The maximum atomic E-state index is 10.3. The van der Waals surface area contributed by atoms with E-state index in [9.17, 15) is 4.79 Å². The van der Waals surface area contributed by atoms with E-state index in [4.69, 9.17) is 0 Å². The largest absolute Gasteiger partial charge is 0.423 e. The average Bonchev–Trinajstić information content (AvgIpc) is 2.14. The molecular weight excluding hydrogens is 219 g/mol. The normalized spacial score (nSPS) is 22.1. The Balaban J connectivity index is 2.73. The van der Waals surface area contributed by atoms with Crippen molar-refractivity contribution in [3.63, 3.8) is 0 Å². The van der Waals surface area contributed by atoms with Crippen molar-refractivity contribution in [1.82, 2.24) is 0 Å². The van der Waals surface area contributed by atoms with Gasteiger partial charge in [0.2, 0.25) is 0 Å². The van der Waals surface area contributed by atoms with E-state index in [0.717, 1.165) is 0 Å². The number of carbonyl (C=O) groups is 1. The second-order valence-corrected chi connectivity index (χ2v) is 1.89. The van der Waals surface area contributed by atoms with E-state index in [-0.39, 0.29) is 5.97 Å². The first-order valence-corrected chi connectivity index (χ1v) is 3.28. The second kappa shape index (κ2) is 2.30. The topological polar surface area (TPSA) is 26.3 Å². The molecule has 1 aliphatic rings. The summed E-state index contributed by atoms with van der Waals surface area (Å²) in [5.41, 5.74) is 0. The minimum atomic E-state index is -0.284. The number of hydrogen-bond acceptors (Lipinski definition) is 2. The number of hydrogen-bond donors (Lipinski definition) is 0. The summed E-state index contributed by atoms with van der Waals surface area (Å²) in [5.74, 6) is 0.337. The van der Waals surface area contributed by atoms with Gasteiger partial charge in [-0.05, 0) is 28.7 Å². The summed E-state index contributed by atoms with van der Waals surface area (Å²) < 4.78 is 6.32. The molecule has 0 aliphatic carbocycles. The summed E-state index contributed by atoms with van der Waals surface area (Å²) >= 11 is 2.01. The van der Waals surface area contributed by atoms with E-state index in [0.29, 0.717) is 5.76 Å². The molecule has 2 nitrogen and oxygen atoms in total. The fourth-order valence-electron chi connectivity index (χ4n) is 0.393. The van der Waals surface area contributed by atoms with Crippen LogP contribution in [-0.4, -0.2) is 5.97 Å². The summed E-state index contributed by atoms with van der Waals surface area (Å²) in [4.78, 5) is 10.3. The number of halogens is 1. The van der Waals surface area contributed by atoms with Crippen molar-refractivity contribution in [3.8, 4) is 0 Å². The van der Waals surface area contributed by atoms with Gasteiger partial charge < -0.3 is 4.74 Å². The van der Waals surface area contributed by atoms with Crippen LogP contribution in [0.25, 0.3) is 0 Å². The van der Waals surface area contributed by atoms with Gasteiger partial charge in [0.15, 0.2) is 0 Å². The standard InChI is InChI=1S/C5H3IO2/c6-3-4-1-2-5(7)8-4/h1-3H/b4-3-. The van der Waals surface area contributed by atoms with Gasteiger partial charge in [-0.1, -0.05) is 0 Å². The van der Waals surface area contributed by atoms with Gasteiger partial charge in [0.25, 0.3) is 0 Å². The molecule has 0 radical (unpaired) electrons. The number of carbonyl (C=O) groups excluding carboxylic acids is 1. The third-order valence-corrected chi connectivity index (χ3v) is 1.32. The zero-order valence-corrected chi connectivity index (χ0v) is 6.08. The molecule has 1 aliphatic heterocycles. The van der Waals surface area contributed by atoms with Crippen LogP contribution in [0, 0.1) is 0 Å². The Morgan fingerprint density at radius 3 is 2.62 bits per heavy atom. The summed E-state index contributed by atoms with van der Waals surface area (Å²) in [7, 11) is 0. The van der Waals surface area contributed by atoms with E-state index in [2.05, 4.69) is 4.74 Å². The molecule has 8 heavy (non-hydrogen) atoms. The third kappa shape index (κ3) is 1.09. The van der Waals surface area contributed by atoms with Gasteiger partial charge in [-0.15, -0.1) is 0 Å². The lowest BCUT2D eigenvalue weighted by molar-refractivity contribution is -0.132. The fourth-order valence-corrected chi connectivity index (χ4v) is 0.728. The highest BCUT2D eigenvalue weighted by Gasteiger charge is 2.06. The van der Waals surface area contributed by atoms with Gasteiger partial charge in [-0.25, -0.2) is 4.79 Å². The summed E-state index contributed by atoms with van der Waals surface area (Å²) in [5, 5.41) is 0. The van der Waals surface area contributed by atoms with Gasteiger partial charge in [0, 0.05) is 10.2 Å². The molecule has 0 aromatic carbocycles. The van der Waals surface area contributed by atoms with Crippen molar-refractivity contribution in [3.05, 3.63) is 22.0 Å². The Morgan fingerprint density at radius 2 is 2.38 bits per heavy atom. The van der Waals surface area contributed by atoms with Gasteiger partial charge in [0.1, 0.15) is 5.76 Å². The third-order valence-electron chi connectivity index (χ3n) is 0.710. The highest BCUT2D eigenvalue weighted by atomic mass is 127. The predicted octanol–water partition coefficient (Wildman–Crippen LogP) is 1.38. The van der Waals surface area contributed by atoms with Crippen LogP contribution in [0.15, 0.2) is 22.0 Å². The molecular formula is C5H3IO2. The Morgan fingerprint density at radius 1 is 1.62 bits per heavy atom. The lowest BCUT2D eigenvalue weighted by atomic mass is 10.5. The van der Waals surface area contributed by atoms with Crippen molar-refractivity contribution in [2.24, 2.45) is 0 Å². The molecule has 0 atom stereocenters. The van der Waals surface area contributed by atoms with Crippen LogP contribution >= 0.6 is 22.6 Å². The Labute approximate surface area is 60.4 Å². The zero-order chi connectivity index (χ0) is 5.98. The molecule has 1 heterocycles. The van der Waals surface area contributed by atoms with E-state index in [1.54, 1.807) is 10.2 Å². The first-order chi connectivity index (χ1) is 3.83. The van der Waals surface area contributed by atoms with Gasteiger partial charge in [-0.3, -0.25) is 0 Å². The van der Waals surface area contributed by atoms with E-state index >= 15 is 0 Å². The van der Waals surface area contributed by atoms with Crippen LogP contribution in [-0.2, 0) is 9.53 Å². The van der Waals surface area contributed by atoms with E-state index in [1.807, 2.05) is 22.6 Å². The van der Waals surface area contributed by atoms with Crippen LogP contribution in [0.3, 0.4) is 0 Å². The summed E-state index contributed by atoms with van der Waals surface area (Å²) in [6.45, 7) is 0. The maximum absolute atomic E-state index is 10.3. The number of esters is 1. The number of allylic oxidation sites excluding steroid dienone is 1. The van der Waals surface area contributed by atoms with E-state index in [1.165, 1.54) is 6.08 Å². The van der Waals surface area contributed by atoms with Crippen molar-refractivity contribution in [1.29, 1.82) is 0 Å². The van der Waals surface area contributed by atoms with Crippen molar-refractivity contribution >= 4 is 28.6 Å². The molecule has 0 spiro atoms. The smallest absolute Gasteiger partial charge is 0.336 e. The van der Waals surface area contributed by atoms with Crippen LogP contribution in [0.2, 0.25) is 0 Å². The number of rotatable bonds is 0. The van der Waals surface area contributed by atoms with Gasteiger partial charge >= 0.3 is 5.97 Å². The van der Waals surface area contributed by atoms with Crippen molar-refractivity contribution in [2.75, 3.05) is 0 Å². The molecule has 3 heteroatoms. The molecule has 0 fully saturated rings. The maximum Gasteiger partial charge on any atom is 0.336 e. The van der Waals surface area contributed by atoms with Gasteiger partial charge in [-0.2, -0.15) is 0 Å². The minimum Gasteiger partial charge on any atom is -0.423 e. The van der Waals surface area contributed by atoms with Crippen molar-refractivity contribution in [2.45, 2.75) is 0 Å². The van der Waals surface area contributed by atoms with E-state index < -0.39 is 0 Å². The molecule has 0 unspecified atom stereocenters. The lowest BCUT2D eigenvalue weighted by Gasteiger charge is -1.88. The molecule has 0 aromatic rings. The number of cyclic esters (lactones) is 1. The molecule has 42 valence electrons. The lowest BCUT2D eigenvalue weighted by Crippen LogP contribution is -1.88. The first-order valence-electron chi connectivity index (χ1n) is 2.03. The quantitative estimate of drug-likeness (QED) is 0.457.